The minimum atomic E-state index is -4.04. The number of hydrogen-bond donors (Lipinski definition) is 2. The largest absolute Gasteiger partial charge is 0.480 e. The summed E-state index contributed by atoms with van der Waals surface area (Å²) in [6.45, 7) is 3.58. The molecule has 0 aliphatic rings. The number of carboxylic acids is 1. The van der Waals surface area contributed by atoms with Gasteiger partial charge in [0.2, 0.25) is 10.0 Å². The first kappa shape index (κ1) is 18.1. The Morgan fingerprint density at radius 2 is 2.00 bits per heavy atom. The third kappa shape index (κ3) is 4.78. The van der Waals surface area contributed by atoms with Crippen LogP contribution in [-0.2, 0) is 19.6 Å². The predicted octanol–water partition coefficient (Wildman–Crippen LogP) is 0.646. The van der Waals surface area contributed by atoms with E-state index in [1.54, 1.807) is 13.8 Å². The van der Waals surface area contributed by atoms with Crippen molar-refractivity contribution in [3.8, 4) is 0 Å². The van der Waals surface area contributed by atoms with Gasteiger partial charge in [-0.1, -0.05) is 13.8 Å². The molecule has 1 aromatic heterocycles. The molecule has 0 radical (unpaired) electrons. The molecule has 8 nitrogen and oxygen atoms in total. The van der Waals surface area contributed by atoms with Gasteiger partial charge < -0.3 is 9.84 Å². The van der Waals surface area contributed by atoms with Crippen molar-refractivity contribution in [2.45, 2.75) is 31.2 Å². The first-order valence-electron chi connectivity index (χ1n) is 6.47. The quantitative estimate of drug-likeness (QED) is 0.703. The molecule has 1 heterocycles. The smallest absolute Gasteiger partial charge is 0.356 e. The minimum absolute atomic E-state index is 0.00336. The molecule has 0 aliphatic heterocycles. The number of hydrogen-bond acceptors (Lipinski definition) is 6. The lowest BCUT2D eigenvalue weighted by Crippen LogP contribution is -2.41. The monoisotopic (exact) mass is 330 g/mol. The van der Waals surface area contributed by atoms with Crippen molar-refractivity contribution in [1.29, 1.82) is 0 Å². The number of aliphatic carboxylic acids is 1. The Morgan fingerprint density at radius 1 is 1.36 bits per heavy atom. The van der Waals surface area contributed by atoms with Gasteiger partial charge in [-0.25, -0.2) is 18.2 Å². The van der Waals surface area contributed by atoms with Crippen LogP contribution in [0.4, 0.5) is 0 Å². The first-order valence-corrected chi connectivity index (χ1v) is 7.95. The highest BCUT2D eigenvalue weighted by Crippen LogP contribution is 2.12. The highest BCUT2D eigenvalue weighted by Gasteiger charge is 2.26. The molecule has 2 N–H and O–H groups in total. The van der Waals surface area contributed by atoms with Crippen molar-refractivity contribution >= 4 is 22.0 Å². The Balaban J connectivity index is 2.98. The van der Waals surface area contributed by atoms with E-state index in [-0.39, 0.29) is 22.9 Å². The first-order chi connectivity index (χ1) is 10.2. The average molecular weight is 330 g/mol. The van der Waals surface area contributed by atoms with E-state index in [2.05, 4.69) is 14.4 Å². The van der Waals surface area contributed by atoms with Crippen LogP contribution in [-0.4, -0.2) is 43.6 Å². The van der Waals surface area contributed by atoms with E-state index < -0.39 is 28.0 Å². The van der Waals surface area contributed by atoms with E-state index in [0.29, 0.717) is 0 Å². The summed E-state index contributed by atoms with van der Waals surface area (Å²) in [5, 5.41) is 9.08. The fourth-order valence-electron chi connectivity index (χ4n) is 1.69. The molecule has 0 aromatic carbocycles. The molecular weight excluding hydrogens is 312 g/mol. The van der Waals surface area contributed by atoms with Crippen LogP contribution in [0.15, 0.2) is 23.2 Å². The predicted molar refractivity (Wildman–Crippen MR) is 76.8 cm³/mol. The van der Waals surface area contributed by atoms with E-state index in [1.165, 1.54) is 13.2 Å². The average Bonchev–Trinajstić information content (AvgIpc) is 2.45. The Bertz CT molecular complexity index is 639. The molecule has 1 unspecified atom stereocenters. The van der Waals surface area contributed by atoms with Crippen LogP contribution in [0.2, 0.25) is 0 Å². The molecule has 1 rings (SSSR count). The van der Waals surface area contributed by atoms with E-state index >= 15 is 0 Å². The molecule has 0 aliphatic carbocycles. The maximum Gasteiger partial charge on any atom is 0.356 e. The Hall–Kier alpha value is -2.00. The van der Waals surface area contributed by atoms with Crippen molar-refractivity contribution in [2.24, 2.45) is 5.92 Å². The fraction of sp³-hybridized carbons (Fsp3) is 0.462. The van der Waals surface area contributed by atoms with Gasteiger partial charge >= 0.3 is 11.9 Å². The van der Waals surface area contributed by atoms with Crippen molar-refractivity contribution < 1.29 is 27.9 Å². The molecule has 9 heteroatoms. The number of nitrogens with zero attached hydrogens (tertiary/aromatic N) is 1. The van der Waals surface area contributed by atoms with Gasteiger partial charge in [-0.15, -0.1) is 0 Å². The minimum Gasteiger partial charge on any atom is -0.480 e. The number of carbonyl (C=O) groups excluding carboxylic acids is 1. The molecule has 0 amide bonds. The van der Waals surface area contributed by atoms with Gasteiger partial charge in [-0.2, -0.15) is 4.72 Å². The number of methoxy groups -OCH3 is 1. The van der Waals surface area contributed by atoms with Crippen molar-refractivity contribution in [3.05, 3.63) is 24.0 Å². The second-order valence-corrected chi connectivity index (χ2v) is 6.73. The lowest BCUT2D eigenvalue weighted by molar-refractivity contribution is -0.139. The summed E-state index contributed by atoms with van der Waals surface area (Å²) in [7, 11) is -2.86. The summed E-state index contributed by atoms with van der Waals surface area (Å²) in [5.41, 5.74) is -0.0431. The third-order valence-electron chi connectivity index (χ3n) is 2.74. The van der Waals surface area contributed by atoms with E-state index in [0.717, 1.165) is 12.3 Å². The van der Waals surface area contributed by atoms with Crippen molar-refractivity contribution in [3.63, 3.8) is 0 Å². The number of nitrogens with one attached hydrogen (secondary N) is 1. The molecule has 122 valence electrons. The molecule has 22 heavy (non-hydrogen) atoms. The van der Waals surface area contributed by atoms with Crippen molar-refractivity contribution in [1.82, 2.24) is 9.71 Å². The molecule has 0 saturated heterocycles. The summed E-state index contributed by atoms with van der Waals surface area (Å²) in [4.78, 5) is 25.8. The number of ether oxygens (including phenoxy) is 1. The molecule has 0 fully saturated rings. The third-order valence-corrected chi connectivity index (χ3v) is 4.20. The second-order valence-electron chi connectivity index (χ2n) is 5.01. The molecule has 1 atom stereocenters. The van der Waals surface area contributed by atoms with Crippen LogP contribution in [0.1, 0.15) is 30.8 Å². The van der Waals surface area contributed by atoms with Crippen LogP contribution in [0.5, 0.6) is 0 Å². The number of carboxylic acid groups (broad SMARTS) is 1. The zero-order valence-electron chi connectivity index (χ0n) is 12.4. The number of rotatable bonds is 7. The maximum absolute atomic E-state index is 12.1. The number of aromatic nitrogens is 1. The van der Waals surface area contributed by atoms with E-state index in [1.807, 2.05) is 0 Å². The molecule has 1 aromatic rings. The zero-order valence-corrected chi connectivity index (χ0v) is 13.3. The van der Waals surface area contributed by atoms with E-state index in [9.17, 15) is 18.0 Å². The molecule has 0 saturated carbocycles. The summed E-state index contributed by atoms with van der Waals surface area (Å²) in [6.07, 6.45) is 1.13. The normalized spacial score (nSPS) is 12.9. The molecule has 0 bridgehead atoms. The lowest BCUT2D eigenvalue weighted by atomic mass is 10.1. The Labute approximate surface area is 128 Å². The van der Waals surface area contributed by atoms with Crippen LogP contribution < -0.4 is 4.72 Å². The van der Waals surface area contributed by atoms with Gasteiger partial charge in [-0.05, 0) is 24.5 Å². The number of esters is 1. The van der Waals surface area contributed by atoms with Crippen LogP contribution in [0, 0.1) is 5.92 Å². The van der Waals surface area contributed by atoms with Crippen LogP contribution in [0.25, 0.3) is 0 Å². The number of pyridine rings is 1. The zero-order chi connectivity index (χ0) is 16.9. The van der Waals surface area contributed by atoms with Gasteiger partial charge in [-0.3, -0.25) is 4.79 Å². The standard InChI is InChI=1S/C13H18N2O6S/c1-8(2)6-11(12(16)17)15-22(19,20)9-4-5-10(14-7-9)13(18)21-3/h4-5,7-8,11,15H,6H2,1-3H3,(H,16,17). The number of carbonyl (C=O) groups is 2. The van der Waals surface area contributed by atoms with Gasteiger partial charge in [0.25, 0.3) is 0 Å². The van der Waals surface area contributed by atoms with Crippen molar-refractivity contribution in [2.75, 3.05) is 7.11 Å². The number of sulfonamides is 1. The molecule has 0 spiro atoms. The summed E-state index contributed by atoms with van der Waals surface area (Å²) in [5.74, 6) is -1.94. The second kappa shape index (κ2) is 7.32. The fourth-order valence-corrected chi connectivity index (χ4v) is 2.84. The van der Waals surface area contributed by atoms with Gasteiger partial charge in [0.1, 0.15) is 16.6 Å². The summed E-state index contributed by atoms with van der Waals surface area (Å²) < 4.78 is 30.9. The highest BCUT2D eigenvalue weighted by atomic mass is 32.2. The van der Waals surface area contributed by atoms with Gasteiger partial charge in [0.05, 0.1) is 7.11 Å². The van der Waals surface area contributed by atoms with E-state index in [4.69, 9.17) is 5.11 Å². The topological polar surface area (TPSA) is 123 Å². The Morgan fingerprint density at radius 3 is 2.41 bits per heavy atom. The van der Waals surface area contributed by atoms with Gasteiger partial charge in [0, 0.05) is 6.20 Å². The maximum atomic E-state index is 12.1. The highest BCUT2D eigenvalue weighted by molar-refractivity contribution is 7.89. The molecular formula is C13H18N2O6S. The van der Waals surface area contributed by atoms with Crippen LogP contribution >= 0.6 is 0 Å². The lowest BCUT2D eigenvalue weighted by Gasteiger charge is -2.16. The SMILES string of the molecule is COC(=O)c1ccc(S(=O)(=O)NC(CC(C)C)C(=O)O)cn1. The van der Waals surface area contributed by atoms with Gasteiger partial charge in [0.15, 0.2) is 0 Å². The summed E-state index contributed by atoms with van der Waals surface area (Å²) in [6, 6.07) is 1.12. The Kier molecular flexibility index (Phi) is 6.01. The summed E-state index contributed by atoms with van der Waals surface area (Å²) >= 11 is 0. The van der Waals surface area contributed by atoms with Crippen LogP contribution in [0.3, 0.4) is 0 Å².